The number of pyridine rings is 1. The summed E-state index contributed by atoms with van der Waals surface area (Å²) in [5, 5.41) is 4.47. The van der Waals surface area contributed by atoms with Crippen LogP contribution < -0.4 is 5.32 Å². The Balaban J connectivity index is 2.65. The van der Waals surface area contributed by atoms with Crippen LogP contribution in [0.25, 0.3) is 10.9 Å². The smallest absolute Gasteiger partial charge is 0.149 e. The molecular weight excluding hydrogens is 263 g/mol. The Kier molecular flexibility index (Phi) is 4.25. The van der Waals surface area contributed by atoms with Crippen molar-refractivity contribution in [3.8, 4) is 0 Å². The van der Waals surface area contributed by atoms with Gasteiger partial charge in [-0.05, 0) is 36.1 Å². The van der Waals surface area contributed by atoms with E-state index in [0.29, 0.717) is 21.8 Å². The lowest BCUT2D eigenvalue weighted by Gasteiger charge is -2.15. The largest absolute Gasteiger partial charge is 0.370 e. The Morgan fingerprint density at radius 2 is 2.11 bits per heavy atom. The maximum Gasteiger partial charge on any atom is 0.149 e. The molecule has 0 aliphatic heterocycles. The third-order valence-electron chi connectivity index (χ3n) is 3.08. The summed E-state index contributed by atoms with van der Waals surface area (Å²) in [6.07, 6.45) is 0.995. The van der Waals surface area contributed by atoms with Crippen LogP contribution in [0.4, 0.5) is 10.2 Å². The highest BCUT2D eigenvalue weighted by molar-refractivity contribution is 6.35. The minimum absolute atomic E-state index is 0.301. The Morgan fingerprint density at radius 1 is 1.37 bits per heavy atom. The summed E-state index contributed by atoms with van der Waals surface area (Å²) in [5.74, 6) is 0.718. The first-order chi connectivity index (χ1) is 9.04. The van der Waals surface area contributed by atoms with E-state index in [1.54, 1.807) is 6.07 Å². The highest BCUT2D eigenvalue weighted by Gasteiger charge is 2.14. The second kappa shape index (κ2) is 5.74. The number of nitrogens with one attached hydrogen (secondary N) is 1. The van der Waals surface area contributed by atoms with Crippen molar-refractivity contribution in [2.75, 3.05) is 11.9 Å². The van der Waals surface area contributed by atoms with Crippen LogP contribution >= 0.6 is 11.6 Å². The van der Waals surface area contributed by atoms with Crippen molar-refractivity contribution in [2.45, 2.75) is 33.1 Å². The van der Waals surface area contributed by atoms with Gasteiger partial charge in [-0.3, -0.25) is 0 Å². The number of hydrogen-bond acceptors (Lipinski definition) is 2. The number of halogens is 2. The molecule has 1 N–H and O–H groups in total. The molecule has 1 aromatic carbocycles. The number of fused-ring (bicyclic) bond motifs is 1. The van der Waals surface area contributed by atoms with Gasteiger partial charge in [0.2, 0.25) is 0 Å². The molecule has 19 heavy (non-hydrogen) atoms. The molecule has 2 nitrogen and oxygen atoms in total. The van der Waals surface area contributed by atoms with E-state index >= 15 is 0 Å². The monoisotopic (exact) mass is 280 g/mol. The van der Waals surface area contributed by atoms with Crippen LogP contribution in [-0.4, -0.2) is 11.5 Å². The Bertz CT molecular complexity index is 596. The van der Waals surface area contributed by atoms with E-state index in [9.17, 15) is 4.39 Å². The van der Waals surface area contributed by atoms with Gasteiger partial charge in [0.05, 0.1) is 5.02 Å². The fourth-order valence-corrected chi connectivity index (χ4v) is 2.24. The molecule has 0 saturated carbocycles. The van der Waals surface area contributed by atoms with Crippen molar-refractivity contribution in [3.05, 3.63) is 34.6 Å². The molecule has 4 heteroatoms. The van der Waals surface area contributed by atoms with Crippen LogP contribution in [0.1, 0.15) is 38.7 Å². The Morgan fingerprint density at radius 3 is 2.74 bits per heavy atom. The molecule has 0 unspecified atom stereocenters. The molecule has 0 aliphatic carbocycles. The van der Waals surface area contributed by atoms with Crippen LogP contribution in [0.3, 0.4) is 0 Å². The van der Waals surface area contributed by atoms with Crippen molar-refractivity contribution in [1.29, 1.82) is 0 Å². The number of nitrogens with zero attached hydrogens (tertiary/aromatic N) is 1. The SMILES string of the molecule is CCCNc1nc2c(F)ccc(Cl)c2cc1C(C)C. The van der Waals surface area contributed by atoms with Crippen molar-refractivity contribution in [1.82, 2.24) is 4.98 Å². The third kappa shape index (κ3) is 2.81. The van der Waals surface area contributed by atoms with E-state index in [0.717, 1.165) is 24.3 Å². The van der Waals surface area contributed by atoms with Crippen LogP contribution in [-0.2, 0) is 0 Å². The van der Waals surface area contributed by atoms with Gasteiger partial charge in [0, 0.05) is 11.9 Å². The molecule has 0 atom stereocenters. The summed E-state index contributed by atoms with van der Waals surface area (Å²) >= 11 is 6.14. The molecule has 0 fully saturated rings. The third-order valence-corrected chi connectivity index (χ3v) is 3.41. The molecule has 1 heterocycles. The normalized spacial score (nSPS) is 11.3. The molecule has 2 aromatic rings. The van der Waals surface area contributed by atoms with Crippen LogP contribution in [0.5, 0.6) is 0 Å². The second-order valence-electron chi connectivity index (χ2n) is 4.93. The fourth-order valence-electron chi connectivity index (χ4n) is 2.03. The molecule has 0 aliphatic rings. The molecule has 0 radical (unpaired) electrons. The highest BCUT2D eigenvalue weighted by atomic mass is 35.5. The summed E-state index contributed by atoms with van der Waals surface area (Å²) in [7, 11) is 0. The zero-order valence-corrected chi connectivity index (χ0v) is 12.2. The summed E-state index contributed by atoms with van der Waals surface area (Å²) in [4.78, 5) is 4.42. The van der Waals surface area contributed by atoms with Gasteiger partial charge < -0.3 is 5.32 Å². The van der Waals surface area contributed by atoms with Gasteiger partial charge in [-0.25, -0.2) is 9.37 Å². The van der Waals surface area contributed by atoms with Crippen LogP contribution in [0.2, 0.25) is 5.02 Å². The molecule has 0 amide bonds. The van der Waals surface area contributed by atoms with Gasteiger partial charge in [-0.1, -0.05) is 32.4 Å². The first kappa shape index (κ1) is 14.1. The molecule has 102 valence electrons. The van der Waals surface area contributed by atoms with E-state index in [2.05, 4.69) is 31.1 Å². The number of benzene rings is 1. The molecule has 2 rings (SSSR count). The average molecular weight is 281 g/mol. The van der Waals surface area contributed by atoms with Crippen molar-refractivity contribution >= 4 is 28.3 Å². The zero-order chi connectivity index (χ0) is 14.0. The number of rotatable bonds is 4. The zero-order valence-electron chi connectivity index (χ0n) is 11.4. The van der Waals surface area contributed by atoms with Gasteiger partial charge in [-0.2, -0.15) is 0 Å². The number of aromatic nitrogens is 1. The predicted molar refractivity (Wildman–Crippen MR) is 79.6 cm³/mol. The second-order valence-corrected chi connectivity index (χ2v) is 5.34. The van der Waals surface area contributed by atoms with Crippen molar-refractivity contribution in [3.63, 3.8) is 0 Å². The van der Waals surface area contributed by atoms with Crippen LogP contribution in [0.15, 0.2) is 18.2 Å². The van der Waals surface area contributed by atoms with Crippen molar-refractivity contribution < 1.29 is 4.39 Å². The van der Waals surface area contributed by atoms with Crippen molar-refractivity contribution in [2.24, 2.45) is 0 Å². The molecular formula is C15H18ClFN2. The van der Waals surface area contributed by atoms with Gasteiger partial charge in [0.1, 0.15) is 17.2 Å². The van der Waals surface area contributed by atoms with E-state index in [-0.39, 0.29) is 5.82 Å². The van der Waals surface area contributed by atoms with Gasteiger partial charge >= 0.3 is 0 Å². The quantitative estimate of drug-likeness (QED) is 0.855. The van der Waals surface area contributed by atoms with Gasteiger partial charge in [-0.15, -0.1) is 0 Å². The van der Waals surface area contributed by atoms with E-state index in [1.165, 1.54) is 6.07 Å². The first-order valence-electron chi connectivity index (χ1n) is 6.57. The van der Waals surface area contributed by atoms with Gasteiger partial charge in [0.15, 0.2) is 0 Å². The minimum Gasteiger partial charge on any atom is -0.370 e. The lowest BCUT2D eigenvalue weighted by atomic mass is 10.0. The molecule has 0 saturated heterocycles. The fraction of sp³-hybridized carbons (Fsp3) is 0.400. The van der Waals surface area contributed by atoms with Gasteiger partial charge in [0.25, 0.3) is 0 Å². The van der Waals surface area contributed by atoms with Crippen LogP contribution in [0, 0.1) is 5.82 Å². The lowest BCUT2D eigenvalue weighted by molar-refractivity contribution is 0.636. The maximum absolute atomic E-state index is 13.9. The number of hydrogen-bond donors (Lipinski definition) is 1. The number of anilines is 1. The average Bonchev–Trinajstić information content (AvgIpc) is 2.39. The predicted octanol–water partition coefficient (Wildman–Crippen LogP) is 4.97. The van der Waals surface area contributed by atoms with E-state index < -0.39 is 0 Å². The summed E-state index contributed by atoms with van der Waals surface area (Å²) < 4.78 is 13.9. The highest BCUT2D eigenvalue weighted by Crippen LogP contribution is 2.31. The standard InChI is InChI=1S/C15H18ClFN2/c1-4-7-18-15-10(9(2)3)8-11-12(16)5-6-13(17)14(11)19-15/h5-6,8-9H,4,7H2,1-3H3,(H,18,19). The Hall–Kier alpha value is -1.35. The topological polar surface area (TPSA) is 24.9 Å². The maximum atomic E-state index is 13.9. The molecule has 0 spiro atoms. The Labute approximate surface area is 118 Å². The lowest BCUT2D eigenvalue weighted by Crippen LogP contribution is -2.07. The molecule has 0 bridgehead atoms. The summed E-state index contributed by atoms with van der Waals surface area (Å²) in [6.45, 7) is 7.08. The van der Waals surface area contributed by atoms with E-state index in [4.69, 9.17) is 11.6 Å². The van der Waals surface area contributed by atoms with E-state index in [1.807, 2.05) is 6.07 Å². The summed E-state index contributed by atoms with van der Waals surface area (Å²) in [6, 6.07) is 4.87. The molecule has 1 aromatic heterocycles. The minimum atomic E-state index is -0.339. The first-order valence-corrected chi connectivity index (χ1v) is 6.95. The summed E-state index contributed by atoms with van der Waals surface area (Å²) in [5.41, 5.74) is 1.39.